The third-order valence-electron chi connectivity index (χ3n) is 4.38. The van der Waals surface area contributed by atoms with Crippen LogP contribution in [-0.2, 0) is 10.2 Å². The third-order valence-corrected chi connectivity index (χ3v) is 6.17. The van der Waals surface area contributed by atoms with Crippen molar-refractivity contribution in [1.82, 2.24) is 5.32 Å². The molecule has 0 amide bonds. The molecule has 0 unspecified atom stereocenters. The summed E-state index contributed by atoms with van der Waals surface area (Å²) < 4.78 is 42.9. The van der Waals surface area contributed by atoms with Gasteiger partial charge in [0, 0.05) is 19.1 Å². The van der Waals surface area contributed by atoms with E-state index >= 15 is 0 Å². The lowest BCUT2D eigenvalue weighted by Crippen LogP contribution is -2.39. The van der Waals surface area contributed by atoms with Crippen LogP contribution in [-0.4, -0.2) is 38.8 Å². The van der Waals surface area contributed by atoms with Crippen LogP contribution in [0.25, 0.3) is 0 Å². The smallest absolute Gasteiger partial charge is 0.331 e. The molecule has 0 fully saturated rings. The molecule has 154 valence electrons. The lowest BCUT2D eigenvalue weighted by atomic mass is 10.2. The van der Waals surface area contributed by atoms with Crippen LogP contribution in [0.1, 0.15) is 20.3 Å². The van der Waals surface area contributed by atoms with E-state index in [9.17, 15) is 17.9 Å². The Bertz CT molecular complexity index is 911. The van der Waals surface area contributed by atoms with Gasteiger partial charge in [-0.25, -0.2) is 8.70 Å². The molecule has 0 bridgehead atoms. The summed E-state index contributed by atoms with van der Waals surface area (Å²) in [5, 5.41) is 13.3. The second-order valence-electron chi connectivity index (χ2n) is 6.79. The number of nitrogens with zero attached hydrogens (tertiary/aromatic N) is 2. The highest BCUT2D eigenvalue weighted by molar-refractivity contribution is 7.95. The third kappa shape index (κ3) is 4.41. The summed E-state index contributed by atoms with van der Waals surface area (Å²) >= 11 is 0. The van der Waals surface area contributed by atoms with Gasteiger partial charge in [-0.15, -0.1) is 12.4 Å². The second-order valence-corrected chi connectivity index (χ2v) is 8.49. The van der Waals surface area contributed by atoms with Crippen LogP contribution in [0.15, 0.2) is 48.5 Å². The number of hydrogen-bond donors (Lipinski definition) is 2. The number of nitrogens with one attached hydrogen (secondary N) is 1. The lowest BCUT2D eigenvalue weighted by Gasteiger charge is -2.23. The minimum Gasteiger partial charge on any atom is -0.392 e. The van der Waals surface area contributed by atoms with Crippen molar-refractivity contribution in [2.24, 2.45) is 0 Å². The molecule has 0 radical (unpaired) electrons. The Morgan fingerprint density at radius 1 is 1.04 bits per heavy atom. The molecule has 2 aromatic rings. The van der Waals surface area contributed by atoms with Crippen molar-refractivity contribution in [1.29, 1.82) is 0 Å². The summed E-state index contributed by atoms with van der Waals surface area (Å²) in [6, 6.07) is 12.8. The van der Waals surface area contributed by atoms with E-state index in [1.54, 1.807) is 30.3 Å². The second kappa shape index (κ2) is 9.09. The quantitative estimate of drug-likeness (QED) is 0.708. The van der Waals surface area contributed by atoms with Crippen molar-refractivity contribution >= 4 is 39.7 Å². The maximum Gasteiger partial charge on any atom is 0.331 e. The van der Waals surface area contributed by atoms with E-state index in [1.165, 1.54) is 22.5 Å². The molecule has 1 aliphatic rings. The van der Waals surface area contributed by atoms with Crippen LogP contribution >= 0.6 is 12.4 Å². The maximum absolute atomic E-state index is 14.3. The summed E-state index contributed by atoms with van der Waals surface area (Å²) in [6.07, 6.45) is -0.421. The van der Waals surface area contributed by atoms with E-state index in [0.29, 0.717) is 17.9 Å². The molecular weight excluding hydrogens is 405 g/mol. The van der Waals surface area contributed by atoms with Gasteiger partial charge in [0.15, 0.2) is 0 Å². The predicted octanol–water partition coefficient (Wildman–Crippen LogP) is 3.20. The van der Waals surface area contributed by atoms with Gasteiger partial charge in [0.2, 0.25) is 0 Å². The number of para-hydroxylation sites is 3. The van der Waals surface area contributed by atoms with Gasteiger partial charge < -0.3 is 10.4 Å². The average Bonchev–Trinajstić information content (AvgIpc) is 2.85. The number of fused-ring (bicyclic) bond motifs is 1. The number of aliphatic hydroxyl groups is 1. The van der Waals surface area contributed by atoms with E-state index in [2.05, 4.69) is 5.32 Å². The van der Waals surface area contributed by atoms with Crippen molar-refractivity contribution < 1.29 is 17.9 Å². The Labute approximate surface area is 171 Å². The summed E-state index contributed by atoms with van der Waals surface area (Å²) in [5.41, 5.74) is 0.858. The van der Waals surface area contributed by atoms with E-state index in [1.807, 2.05) is 13.8 Å². The average molecular weight is 430 g/mol. The van der Waals surface area contributed by atoms with Gasteiger partial charge in [0.05, 0.1) is 23.2 Å². The Morgan fingerprint density at radius 2 is 1.61 bits per heavy atom. The molecule has 0 aromatic heterocycles. The zero-order valence-corrected chi connectivity index (χ0v) is 17.4. The van der Waals surface area contributed by atoms with E-state index in [0.717, 1.165) is 4.31 Å². The van der Waals surface area contributed by atoms with E-state index < -0.39 is 22.1 Å². The molecule has 6 nitrogen and oxygen atoms in total. The Hall–Kier alpha value is -1.87. The molecular formula is C19H25ClFN3O3S. The molecule has 0 aliphatic carbocycles. The Balaban J connectivity index is 0.00000280. The lowest BCUT2D eigenvalue weighted by molar-refractivity contribution is 0.162. The normalized spacial score (nSPS) is 16.0. The molecule has 3 rings (SSSR count). The predicted molar refractivity (Wildman–Crippen MR) is 112 cm³/mol. The van der Waals surface area contributed by atoms with Crippen molar-refractivity contribution in [3.8, 4) is 0 Å². The van der Waals surface area contributed by atoms with Gasteiger partial charge in [0.25, 0.3) is 0 Å². The molecule has 2 N–H and O–H groups in total. The molecule has 2 aromatic carbocycles. The number of halogens is 2. The fourth-order valence-electron chi connectivity index (χ4n) is 3.04. The van der Waals surface area contributed by atoms with Gasteiger partial charge >= 0.3 is 10.2 Å². The number of rotatable bonds is 7. The van der Waals surface area contributed by atoms with Crippen molar-refractivity contribution in [2.75, 3.05) is 21.7 Å². The Kier molecular flexibility index (Phi) is 7.28. The molecule has 1 aliphatic heterocycles. The number of benzene rings is 2. The standard InChI is InChI=1S/C19H24FN3O3S.ClH/c1-14(2)21-13-15(24)11-12-22-18-9-5-6-10-19(18)23(27(22,25)26)17-8-4-3-7-16(17)20;/h3-10,14-15,21,24H,11-13H2,1-2H3;1H/t15-;/m0./s1. The highest BCUT2D eigenvalue weighted by Gasteiger charge is 2.42. The first-order chi connectivity index (χ1) is 12.8. The van der Waals surface area contributed by atoms with Crippen LogP contribution < -0.4 is 13.9 Å². The van der Waals surface area contributed by atoms with Crippen LogP contribution in [0.3, 0.4) is 0 Å². The van der Waals surface area contributed by atoms with Crippen LogP contribution in [0, 0.1) is 5.82 Å². The Morgan fingerprint density at radius 3 is 2.21 bits per heavy atom. The molecule has 1 atom stereocenters. The van der Waals surface area contributed by atoms with Gasteiger partial charge in [-0.2, -0.15) is 8.42 Å². The molecule has 0 saturated heterocycles. The van der Waals surface area contributed by atoms with Crippen molar-refractivity contribution in [2.45, 2.75) is 32.4 Å². The fraction of sp³-hybridized carbons (Fsp3) is 0.368. The van der Waals surface area contributed by atoms with Crippen molar-refractivity contribution in [3.63, 3.8) is 0 Å². The summed E-state index contributed by atoms with van der Waals surface area (Å²) in [4.78, 5) is 0. The van der Waals surface area contributed by atoms with Gasteiger partial charge in [-0.3, -0.25) is 4.31 Å². The first-order valence-electron chi connectivity index (χ1n) is 8.90. The minimum atomic E-state index is -3.99. The van der Waals surface area contributed by atoms with Gasteiger partial charge in [-0.1, -0.05) is 38.1 Å². The maximum atomic E-state index is 14.3. The topological polar surface area (TPSA) is 72.9 Å². The highest BCUT2D eigenvalue weighted by Crippen LogP contribution is 2.45. The molecule has 9 heteroatoms. The molecule has 1 heterocycles. The number of aliphatic hydroxyl groups excluding tert-OH is 1. The van der Waals surface area contributed by atoms with Gasteiger partial charge in [-0.05, 0) is 30.7 Å². The molecule has 28 heavy (non-hydrogen) atoms. The largest absolute Gasteiger partial charge is 0.392 e. The number of anilines is 3. The zero-order valence-electron chi connectivity index (χ0n) is 15.7. The highest BCUT2D eigenvalue weighted by atomic mass is 35.5. The van der Waals surface area contributed by atoms with E-state index in [-0.39, 0.29) is 37.1 Å². The molecule has 0 saturated carbocycles. The summed E-state index contributed by atoms with van der Waals surface area (Å²) in [5.74, 6) is -0.612. The van der Waals surface area contributed by atoms with E-state index in [4.69, 9.17) is 0 Å². The first kappa shape index (κ1) is 22.4. The molecule has 0 spiro atoms. The minimum absolute atomic E-state index is 0. The van der Waals surface area contributed by atoms with Crippen LogP contribution in [0.5, 0.6) is 0 Å². The monoisotopic (exact) mass is 429 g/mol. The van der Waals surface area contributed by atoms with Crippen LogP contribution in [0.4, 0.5) is 21.5 Å². The number of hydrogen-bond acceptors (Lipinski definition) is 4. The van der Waals surface area contributed by atoms with Gasteiger partial charge in [0.1, 0.15) is 5.82 Å². The fourth-order valence-corrected chi connectivity index (χ4v) is 4.78. The van der Waals surface area contributed by atoms with Crippen LogP contribution in [0.2, 0.25) is 0 Å². The first-order valence-corrected chi connectivity index (χ1v) is 10.3. The zero-order chi connectivity index (χ0) is 19.6. The summed E-state index contributed by atoms with van der Waals surface area (Å²) in [7, 11) is -3.99. The summed E-state index contributed by atoms with van der Waals surface area (Å²) in [6.45, 7) is 4.43. The SMILES string of the molecule is CC(C)NC[C@@H](O)CCN1c2ccccc2N(c2ccccc2F)S1(=O)=O.Cl. The van der Waals surface area contributed by atoms with Crippen molar-refractivity contribution in [3.05, 3.63) is 54.3 Å².